The summed E-state index contributed by atoms with van der Waals surface area (Å²) in [4.78, 5) is 61.3. The van der Waals surface area contributed by atoms with Gasteiger partial charge in [-0.1, -0.05) is 44.2 Å². The fourth-order valence-corrected chi connectivity index (χ4v) is 4.13. The molecule has 1 fully saturated rings. The molecule has 14 heteroatoms. The van der Waals surface area contributed by atoms with E-state index in [1.807, 2.05) is 30.3 Å². The average molecular weight is 572 g/mol. The minimum absolute atomic E-state index is 0.0453. The van der Waals surface area contributed by atoms with E-state index in [2.05, 4.69) is 20.3 Å². The first kappa shape index (κ1) is 29.4. The molecular weight excluding hydrogens is 540 g/mol. The van der Waals surface area contributed by atoms with Crippen molar-refractivity contribution in [1.82, 2.24) is 19.5 Å². The predicted molar refractivity (Wildman–Crippen MR) is 141 cm³/mol. The van der Waals surface area contributed by atoms with E-state index in [1.165, 1.54) is 31.7 Å². The molecule has 3 heterocycles. The summed E-state index contributed by atoms with van der Waals surface area (Å²) in [7, 11) is 0. The molecule has 218 valence electrons. The molecule has 41 heavy (non-hydrogen) atoms. The lowest BCUT2D eigenvalue weighted by molar-refractivity contribution is -0.166. The molecule has 4 atom stereocenters. The van der Waals surface area contributed by atoms with E-state index >= 15 is 0 Å². The quantitative estimate of drug-likeness (QED) is 0.214. The number of fused-ring (bicyclic) bond motifs is 1. The van der Waals surface area contributed by atoms with Crippen LogP contribution in [0.5, 0.6) is 5.88 Å². The van der Waals surface area contributed by atoms with Crippen LogP contribution in [0.25, 0.3) is 11.2 Å². The summed E-state index contributed by atoms with van der Waals surface area (Å²) < 4.78 is 29.6. The van der Waals surface area contributed by atoms with Crippen LogP contribution in [0.3, 0.4) is 0 Å². The Morgan fingerprint density at radius 1 is 0.976 bits per heavy atom. The summed E-state index contributed by atoms with van der Waals surface area (Å²) in [6, 6.07) is 9.39. The zero-order valence-electron chi connectivity index (χ0n) is 23.2. The van der Waals surface area contributed by atoms with E-state index in [4.69, 9.17) is 23.7 Å². The van der Waals surface area contributed by atoms with Gasteiger partial charge in [-0.15, -0.1) is 0 Å². The maximum Gasteiger partial charge on any atom is 0.303 e. The Balaban J connectivity index is 1.77. The van der Waals surface area contributed by atoms with E-state index in [1.54, 1.807) is 13.8 Å². The van der Waals surface area contributed by atoms with Gasteiger partial charge in [-0.2, -0.15) is 9.97 Å². The minimum atomic E-state index is -1.16. The number of hydrogen-bond acceptors (Lipinski definition) is 12. The standard InChI is InChI=1S/C27H31N5O9/c1-14(2)24(36)30-27-29-23-20(25(31-27)38-11-18-9-7-6-8-10-18)28-13-32(23)26-22(40-17(5)35)21(39-16(4)34)19(41-26)12-37-15(3)33/h6-10,13-14,19,21-22,26H,11-12H2,1-5H3,(H,29,30,31,36)/t19-,21-,22-,26-/m1/s1/i30+1,31+1. The van der Waals surface area contributed by atoms with Gasteiger partial charge in [0.25, 0.3) is 0 Å². The molecule has 0 spiro atoms. The summed E-state index contributed by atoms with van der Waals surface area (Å²) in [6.07, 6.45) is -2.99. The molecule has 0 saturated carbocycles. The number of carbonyl (C=O) groups excluding carboxylic acids is 4. The summed E-state index contributed by atoms with van der Waals surface area (Å²) in [5.74, 6) is -2.53. The highest BCUT2D eigenvalue weighted by atomic mass is 16.7. The third-order valence-corrected chi connectivity index (χ3v) is 5.98. The minimum Gasteiger partial charge on any atom is -0.471 e. The Morgan fingerprint density at radius 3 is 2.29 bits per heavy atom. The first-order valence-electron chi connectivity index (χ1n) is 12.9. The van der Waals surface area contributed by atoms with Gasteiger partial charge in [-0.3, -0.25) is 29.1 Å². The van der Waals surface area contributed by atoms with Crippen LogP contribution in [0.2, 0.25) is 0 Å². The zero-order valence-corrected chi connectivity index (χ0v) is 23.2. The maximum atomic E-state index is 12.5. The van der Waals surface area contributed by atoms with Crippen molar-refractivity contribution in [3.8, 4) is 5.88 Å². The lowest BCUT2D eigenvalue weighted by Crippen LogP contribution is -2.40. The highest BCUT2D eigenvalue weighted by Gasteiger charge is 2.51. The van der Waals surface area contributed by atoms with Gasteiger partial charge < -0.3 is 23.7 Å². The Kier molecular flexibility index (Phi) is 9.12. The van der Waals surface area contributed by atoms with Crippen LogP contribution in [0.1, 0.15) is 46.4 Å². The van der Waals surface area contributed by atoms with Crippen molar-refractivity contribution in [2.75, 3.05) is 11.9 Å². The molecule has 1 N–H and O–H groups in total. The van der Waals surface area contributed by atoms with E-state index in [-0.39, 0.29) is 48.0 Å². The van der Waals surface area contributed by atoms with Crippen LogP contribution < -0.4 is 10.1 Å². The third-order valence-electron chi connectivity index (χ3n) is 5.98. The van der Waals surface area contributed by atoms with Gasteiger partial charge in [0.1, 0.15) is 19.3 Å². The van der Waals surface area contributed by atoms with Crippen LogP contribution in [0.15, 0.2) is 36.7 Å². The van der Waals surface area contributed by atoms with Gasteiger partial charge >= 0.3 is 17.9 Å². The largest absolute Gasteiger partial charge is 0.471 e. The monoisotopic (exact) mass is 571 g/mol. The molecule has 1 saturated heterocycles. The van der Waals surface area contributed by atoms with Crippen molar-refractivity contribution < 1.29 is 42.9 Å². The lowest BCUT2D eigenvalue weighted by atomic mass is 10.1. The van der Waals surface area contributed by atoms with Gasteiger partial charge in [0.15, 0.2) is 29.6 Å². The smallest absolute Gasteiger partial charge is 0.303 e. The summed E-state index contributed by atoms with van der Waals surface area (Å²) >= 11 is 0. The number of benzene rings is 1. The van der Waals surface area contributed by atoms with E-state index in [9.17, 15) is 19.2 Å². The molecule has 14 nitrogen and oxygen atoms in total. The third kappa shape index (κ3) is 7.14. The number of rotatable bonds is 10. The molecule has 1 amide bonds. The van der Waals surface area contributed by atoms with Gasteiger partial charge in [0, 0.05) is 26.7 Å². The number of imidazole rings is 1. The number of esters is 3. The second kappa shape index (κ2) is 12.7. The fraction of sp³-hybridized carbons (Fsp3) is 0.444. The number of amides is 1. The van der Waals surface area contributed by atoms with Gasteiger partial charge in [-0.05, 0) is 5.56 Å². The molecule has 4 rings (SSSR count). The van der Waals surface area contributed by atoms with Crippen LogP contribution >= 0.6 is 0 Å². The van der Waals surface area contributed by atoms with Crippen LogP contribution in [0, 0.1) is 5.92 Å². The second-order valence-electron chi connectivity index (χ2n) is 9.61. The van der Waals surface area contributed by atoms with Crippen molar-refractivity contribution in [1.29, 1.82) is 0 Å². The molecule has 3 aromatic rings. The normalized spacial score (nSPS) is 20.0. The zero-order chi connectivity index (χ0) is 29.7. The molecule has 0 radical (unpaired) electrons. The average Bonchev–Trinajstić information content (AvgIpc) is 3.47. The highest BCUT2D eigenvalue weighted by Crippen LogP contribution is 2.37. The van der Waals surface area contributed by atoms with Crippen molar-refractivity contribution in [2.24, 2.45) is 5.92 Å². The number of nitrogens with zero attached hydrogens (tertiary/aromatic N) is 4. The number of anilines is 1. The number of carbonyl (C=O) groups is 4. The summed E-state index contributed by atoms with van der Waals surface area (Å²) in [5, 5.41) is 2.66. The molecule has 1 aromatic carbocycles. The maximum absolute atomic E-state index is 12.5. The first-order chi connectivity index (χ1) is 19.5. The molecule has 1 aliphatic rings. The molecule has 0 unspecified atom stereocenters. The number of nitrogens with one attached hydrogen (secondary N) is 1. The fourth-order valence-electron chi connectivity index (χ4n) is 4.13. The molecular formula is C27H31N5O9. The summed E-state index contributed by atoms with van der Waals surface area (Å²) in [6.45, 7) is 6.95. The Hall–Kier alpha value is -4.59. The van der Waals surface area contributed by atoms with E-state index in [0.717, 1.165) is 5.56 Å². The molecule has 0 aliphatic carbocycles. The van der Waals surface area contributed by atoms with Crippen LogP contribution in [-0.4, -0.2) is 68.3 Å². The van der Waals surface area contributed by atoms with Gasteiger partial charge in [-0.25, -0.2) is 4.98 Å². The Labute approximate surface area is 235 Å². The predicted octanol–water partition coefficient (Wildman–Crippen LogP) is 2.32. The summed E-state index contributed by atoms with van der Waals surface area (Å²) in [5.41, 5.74) is 1.29. The molecule has 0 bridgehead atoms. The number of aromatic nitrogens is 4. The Morgan fingerprint density at radius 2 is 1.66 bits per heavy atom. The van der Waals surface area contributed by atoms with Crippen molar-refractivity contribution in [2.45, 2.75) is 65.8 Å². The van der Waals surface area contributed by atoms with Gasteiger partial charge in [0.2, 0.25) is 17.7 Å². The molecule has 1 aliphatic heterocycles. The topological polar surface area (TPSA) is 170 Å². The highest BCUT2D eigenvalue weighted by molar-refractivity contribution is 5.91. The van der Waals surface area contributed by atoms with Gasteiger partial charge in [0.05, 0.1) is 6.33 Å². The van der Waals surface area contributed by atoms with Crippen molar-refractivity contribution >= 4 is 40.9 Å². The first-order valence-corrected chi connectivity index (χ1v) is 12.9. The SMILES string of the molecule is CC(=O)OC[C@H]1O[C@@H](n2cnc3c(OCc4ccccc4)[15n]c([15NH]C(=O)C(C)C)nc32)[C@H](OC(C)=O)[C@@H]1OC(C)=O. The number of ether oxygens (including phenoxy) is 5. The van der Waals surface area contributed by atoms with Crippen molar-refractivity contribution in [3.63, 3.8) is 0 Å². The van der Waals surface area contributed by atoms with Crippen LogP contribution in [0.4, 0.5) is 5.95 Å². The second-order valence-corrected chi connectivity index (χ2v) is 9.61. The Bertz CT molecular complexity index is 1430. The van der Waals surface area contributed by atoms with Crippen molar-refractivity contribution in [3.05, 3.63) is 42.2 Å². The van der Waals surface area contributed by atoms with E-state index < -0.39 is 42.4 Å². The number of hydrogen-bond donors (Lipinski definition) is 1. The lowest BCUT2D eigenvalue weighted by Gasteiger charge is -2.23. The van der Waals surface area contributed by atoms with E-state index in [0.29, 0.717) is 0 Å². The molecule has 2 aromatic heterocycles. The van der Waals surface area contributed by atoms with Crippen LogP contribution in [-0.2, 0) is 44.7 Å².